The Morgan fingerprint density at radius 2 is 1.47 bits per heavy atom. The molecule has 1 aromatic carbocycles. The molecule has 10 nitrogen and oxygen atoms in total. The van der Waals surface area contributed by atoms with Crippen molar-refractivity contribution in [1.29, 1.82) is 0 Å². The number of hydrogen-bond acceptors (Lipinski definition) is 9. The molecule has 0 aliphatic carbocycles. The average Bonchev–Trinajstić information content (AvgIpc) is 2.60. The van der Waals surface area contributed by atoms with Gasteiger partial charge in [0, 0.05) is 33.4 Å². The predicted octanol–water partition coefficient (Wildman–Crippen LogP) is 1.29. The quantitative estimate of drug-likeness (QED) is 0.460. The fourth-order valence-corrected chi connectivity index (χ4v) is 2.52. The predicted molar refractivity (Wildman–Crippen MR) is 103 cm³/mol. The van der Waals surface area contributed by atoms with Crippen molar-refractivity contribution in [2.75, 3.05) is 11.9 Å². The van der Waals surface area contributed by atoms with Crippen LogP contribution >= 0.6 is 0 Å². The van der Waals surface area contributed by atoms with E-state index in [-0.39, 0.29) is 0 Å². The number of ether oxygens (including phenoxy) is 4. The van der Waals surface area contributed by atoms with Crippen LogP contribution in [0.2, 0.25) is 0 Å². The maximum atomic E-state index is 12.9. The molecule has 0 saturated carbocycles. The number of rotatable bonds is 9. The van der Waals surface area contributed by atoms with Gasteiger partial charge in [0.25, 0.3) is 5.91 Å². The highest BCUT2D eigenvalue weighted by Crippen LogP contribution is 2.18. The molecule has 0 spiro atoms. The first-order valence-corrected chi connectivity index (χ1v) is 9.02. The SMILES string of the molecule is CC(=O)OC[C@@H](OC(C)=O)[C@@H](OC(C)=O)[C@H](OC(C)=O)C(=O)Nc1cccc(C)c1. The van der Waals surface area contributed by atoms with Gasteiger partial charge in [0.05, 0.1) is 0 Å². The third-order valence-electron chi connectivity index (χ3n) is 3.57. The Hall–Kier alpha value is -3.43. The van der Waals surface area contributed by atoms with Crippen molar-refractivity contribution in [2.45, 2.75) is 52.9 Å². The number of amides is 1. The summed E-state index contributed by atoms with van der Waals surface area (Å²) < 4.78 is 20.2. The second-order valence-corrected chi connectivity index (χ2v) is 6.41. The number of esters is 4. The number of aryl methyl sites for hydroxylation is 1. The van der Waals surface area contributed by atoms with E-state index in [1.54, 1.807) is 18.2 Å². The first-order chi connectivity index (χ1) is 14.0. The molecule has 0 saturated heterocycles. The van der Waals surface area contributed by atoms with E-state index in [1.807, 2.05) is 13.0 Å². The molecule has 0 aliphatic heterocycles. The lowest BCUT2D eigenvalue weighted by Crippen LogP contribution is -2.52. The smallest absolute Gasteiger partial charge is 0.303 e. The van der Waals surface area contributed by atoms with Gasteiger partial charge in [-0.05, 0) is 24.6 Å². The molecule has 0 aliphatic rings. The van der Waals surface area contributed by atoms with E-state index in [4.69, 9.17) is 18.9 Å². The molecule has 0 unspecified atom stereocenters. The highest BCUT2D eigenvalue weighted by atomic mass is 16.6. The molecule has 0 radical (unpaired) electrons. The Labute approximate surface area is 173 Å². The van der Waals surface area contributed by atoms with Gasteiger partial charge in [-0.15, -0.1) is 0 Å². The third-order valence-corrected chi connectivity index (χ3v) is 3.57. The maximum Gasteiger partial charge on any atom is 0.303 e. The lowest BCUT2D eigenvalue weighted by Gasteiger charge is -2.30. The molecular weight excluding hydrogens is 398 g/mol. The van der Waals surface area contributed by atoms with E-state index in [0.29, 0.717) is 5.69 Å². The Balaban J connectivity index is 3.27. The van der Waals surface area contributed by atoms with Gasteiger partial charge in [0.1, 0.15) is 6.61 Å². The zero-order valence-corrected chi connectivity index (χ0v) is 17.4. The summed E-state index contributed by atoms with van der Waals surface area (Å²) in [5.74, 6) is -3.99. The van der Waals surface area contributed by atoms with Gasteiger partial charge < -0.3 is 24.3 Å². The van der Waals surface area contributed by atoms with Gasteiger partial charge in [0.15, 0.2) is 12.2 Å². The molecule has 0 aromatic heterocycles. The molecule has 30 heavy (non-hydrogen) atoms. The number of carbonyl (C=O) groups excluding carboxylic acids is 5. The molecule has 0 fully saturated rings. The van der Waals surface area contributed by atoms with Gasteiger partial charge >= 0.3 is 23.9 Å². The van der Waals surface area contributed by atoms with Gasteiger partial charge in [0.2, 0.25) is 6.10 Å². The van der Waals surface area contributed by atoms with Crippen LogP contribution in [0.1, 0.15) is 33.3 Å². The number of benzene rings is 1. The van der Waals surface area contributed by atoms with Crippen molar-refractivity contribution in [2.24, 2.45) is 0 Å². The summed E-state index contributed by atoms with van der Waals surface area (Å²) in [6, 6.07) is 6.80. The van der Waals surface area contributed by atoms with Crippen LogP contribution in [0.5, 0.6) is 0 Å². The second kappa shape index (κ2) is 11.5. The van der Waals surface area contributed by atoms with Crippen LogP contribution < -0.4 is 5.32 Å². The van der Waals surface area contributed by atoms with Crippen LogP contribution in [0.15, 0.2) is 24.3 Å². The van der Waals surface area contributed by atoms with Crippen LogP contribution in [0.25, 0.3) is 0 Å². The van der Waals surface area contributed by atoms with Gasteiger partial charge in [-0.2, -0.15) is 0 Å². The number of anilines is 1. The monoisotopic (exact) mass is 423 g/mol. The molecule has 0 heterocycles. The number of carbonyl (C=O) groups is 5. The highest BCUT2D eigenvalue weighted by molar-refractivity contribution is 5.96. The largest absolute Gasteiger partial charge is 0.462 e. The number of hydrogen-bond donors (Lipinski definition) is 1. The molecule has 164 valence electrons. The molecule has 1 amide bonds. The van der Waals surface area contributed by atoms with Crippen molar-refractivity contribution >= 4 is 35.5 Å². The maximum absolute atomic E-state index is 12.9. The van der Waals surface area contributed by atoms with Crippen LogP contribution in [0.3, 0.4) is 0 Å². The molecule has 1 rings (SSSR count). The van der Waals surface area contributed by atoms with E-state index in [0.717, 1.165) is 33.3 Å². The molecule has 10 heteroatoms. The Bertz CT molecular complexity index is 805. The minimum Gasteiger partial charge on any atom is -0.462 e. The summed E-state index contributed by atoms with van der Waals surface area (Å²) in [6.45, 7) is 5.62. The third kappa shape index (κ3) is 8.72. The van der Waals surface area contributed by atoms with E-state index < -0.39 is 54.7 Å². The lowest BCUT2D eigenvalue weighted by atomic mass is 10.1. The minimum absolute atomic E-state index is 0.405. The van der Waals surface area contributed by atoms with Gasteiger partial charge in [-0.1, -0.05) is 12.1 Å². The Morgan fingerprint density at radius 1 is 0.867 bits per heavy atom. The van der Waals surface area contributed by atoms with E-state index >= 15 is 0 Å². The van der Waals surface area contributed by atoms with E-state index in [1.165, 1.54) is 0 Å². The van der Waals surface area contributed by atoms with E-state index in [9.17, 15) is 24.0 Å². The fraction of sp³-hybridized carbons (Fsp3) is 0.450. The topological polar surface area (TPSA) is 134 Å². The second-order valence-electron chi connectivity index (χ2n) is 6.41. The fourth-order valence-electron chi connectivity index (χ4n) is 2.52. The summed E-state index contributed by atoms with van der Waals surface area (Å²) in [7, 11) is 0. The Morgan fingerprint density at radius 3 is 1.97 bits per heavy atom. The summed E-state index contributed by atoms with van der Waals surface area (Å²) >= 11 is 0. The molecule has 0 bridgehead atoms. The van der Waals surface area contributed by atoms with Crippen molar-refractivity contribution in [1.82, 2.24) is 0 Å². The molecule has 1 N–H and O–H groups in total. The average molecular weight is 423 g/mol. The summed E-state index contributed by atoms with van der Waals surface area (Å²) in [4.78, 5) is 58.9. The normalized spacial score (nSPS) is 13.2. The lowest BCUT2D eigenvalue weighted by molar-refractivity contribution is -0.190. The van der Waals surface area contributed by atoms with Crippen LogP contribution in [0, 0.1) is 6.92 Å². The van der Waals surface area contributed by atoms with Crippen molar-refractivity contribution in [3.8, 4) is 0 Å². The Kier molecular flexibility index (Phi) is 9.47. The van der Waals surface area contributed by atoms with Gasteiger partial charge in [-0.3, -0.25) is 24.0 Å². The molecular formula is C20H25NO9. The van der Waals surface area contributed by atoms with Crippen LogP contribution in [-0.4, -0.2) is 54.7 Å². The summed E-state index contributed by atoms with van der Waals surface area (Å²) in [6.07, 6.45) is -4.66. The summed E-state index contributed by atoms with van der Waals surface area (Å²) in [5.41, 5.74) is 1.27. The van der Waals surface area contributed by atoms with Crippen LogP contribution in [0.4, 0.5) is 5.69 Å². The highest BCUT2D eigenvalue weighted by Gasteiger charge is 2.42. The first-order valence-electron chi connectivity index (χ1n) is 9.02. The minimum atomic E-state index is -1.69. The zero-order valence-electron chi connectivity index (χ0n) is 17.4. The number of nitrogens with one attached hydrogen (secondary N) is 1. The zero-order chi connectivity index (χ0) is 22.8. The molecule has 1 aromatic rings. The standard InChI is InChI=1S/C20H25NO9/c1-11-7-6-8-16(9-11)21-20(26)19(30-15(5)25)18(29-14(4)24)17(28-13(3)23)10-27-12(2)22/h6-9,17-19H,10H2,1-5H3,(H,21,26)/t17-,18-,19+/m1/s1. The summed E-state index contributed by atoms with van der Waals surface area (Å²) in [5, 5.41) is 2.56. The molecule has 3 atom stereocenters. The van der Waals surface area contributed by atoms with E-state index in [2.05, 4.69) is 5.32 Å². The van der Waals surface area contributed by atoms with Gasteiger partial charge in [-0.25, -0.2) is 0 Å². The van der Waals surface area contributed by atoms with Crippen molar-refractivity contribution < 1.29 is 42.9 Å². The first kappa shape index (κ1) is 24.6. The van der Waals surface area contributed by atoms with Crippen molar-refractivity contribution in [3.63, 3.8) is 0 Å². The van der Waals surface area contributed by atoms with Crippen molar-refractivity contribution in [3.05, 3.63) is 29.8 Å². The van der Waals surface area contributed by atoms with Crippen LogP contribution in [-0.2, 0) is 42.9 Å².